The van der Waals surface area contributed by atoms with Gasteiger partial charge in [-0.1, -0.05) is 18.2 Å². The maximum Gasteiger partial charge on any atom is 0.309 e. The molecule has 4 aromatic heterocycles. The van der Waals surface area contributed by atoms with Crippen molar-refractivity contribution >= 4 is 71.6 Å². The normalized spacial score (nSPS) is 12.4. The number of fused-ring (bicyclic) bond motifs is 8. The fraction of sp³-hybridized carbons (Fsp3) is 0.0690. The third-order valence-electron chi connectivity index (χ3n) is 7.37. The Labute approximate surface area is 206 Å². The quantitative estimate of drug-likeness (QED) is 0.271. The summed E-state index contributed by atoms with van der Waals surface area (Å²) in [5, 5.41) is 4.06. The molecular weight excluding hydrogens is 468 g/mol. The van der Waals surface area contributed by atoms with Gasteiger partial charge in [-0.3, -0.25) is 23.2 Å². The lowest BCUT2D eigenvalue weighted by Gasteiger charge is -2.12. The van der Waals surface area contributed by atoms with Gasteiger partial charge >= 0.3 is 5.97 Å². The van der Waals surface area contributed by atoms with E-state index in [2.05, 4.69) is 0 Å². The zero-order valence-corrected chi connectivity index (χ0v) is 19.5. The van der Waals surface area contributed by atoms with Crippen molar-refractivity contribution in [1.82, 2.24) is 18.8 Å². The lowest BCUT2D eigenvalue weighted by Crippen LogP contribution is -2.16. The standard InChI is InChI=1S/C29H16N4O4/c1-37-23(34)13-14-6-11-22-20(12-14)31-27-16-8-10-17-24-15(7-9-18(25(16)24)29(36)33(22)27)26-30-19-4-2-3-5-21(19)32(26)28(17)35/h2-12H,13H2,1H3. The second-order valence-electron chi connectivity index (χ2n) is 9.29. The van der Waals surface area contributed by atoms with Gasteiger partial charge in [0, 0.05) is 32.3 Å². The van der Waals surface area contributed by atoms with E-state index in [-0.39, 0.29) is 23.5 Å². The predicted octanol–water partition coefficient (Wildman–Crippen LogP) is 4.06. The second-order valence-corrected chi connectivity index (χ2v) is 9.29. The van der Waals surface area contributed by atoms with Crippen LogP contribution in [-0.2, 0) is 16.0 Å². The van der Waals surface area contributed by atoms with Gasteiger partial charge in [0.05, 0.1) is 35.6 Å². The monoisotopic (exact) mass is 484 g/mol. The zero-order chi connectivity index (χ0) is 25.0. The number of benzene rings is 4. The number of ether oxygens (including phenoxy) is 1. The number of hydrogen-bond acceptors (Lipinski definition) is 6. The molecule has 4 aromatic carbocycles. The number of esters is 1. The van der Waals surface area contributed by atoms with E-state index in [1.165, 1.54) is 7.11 Å². The number of rotatable bonds is 2. The van der Waals surface area contributed by atoms with Crippen molar-refractivity contribution in [1.29, 1.82) is 0 Å². The van der Waals surface area contributed by atoms with Crippen LogP contribution in [0.2, 0.25) is 0 Å². The molecule has 8 heteroatoms. The molecule has 4 heterocycles. The van der Waals surface area contributed by atoms with Crippen LogP contribution in [0.5, 0.6) is 0 Å². The van der Waals surface area contributed by atoms with Crippen molar-refractivity contribution in [2.45, 2.75) is 6.42 Å². The molecule has 0 aliphatic carbocycles. The van der Waals surface area contributed by atoms with Gasteiger partial charge < -0.3 is 4.74 Å². The summed E-state index contributed by atoms with van der Waals surface area (Å²) in [6.45, 7) is 0. The molecule has 0 fully saturated rings. The number of hydrogen-bond donors (Lipinski definition) is 0. The van der Waals surface area contributed by atoms with Crippen LogP contribution in [0.4, 0.5) is 0 Å². The molecular formula is C29H16N4O4. The maximum atomic E-state index is 13.8. The van der Waals surface area contributed by atoms with Crippen molar-refractivity contribution in [2.75, 3.05) is 7.11 Å². The second kappa shape index (κ2) is 6.76. The Kier molecular flexibility index (Phi) is 3.68. The van der Waals surface area contributed by atoms with Crippen LogP contribution >= 0.6 is 0 Å². The summed E-state index contributed by atoms with van der Waals surface area (Å²) in [6.07, 6.45) is 0.119. The lowest BCUT2D eigenvalue weighted by molar-refractivity contribution is -0.139. The molecule has 0 bridgehead atoms. The molecule has 0 aliphatic rings. The smallest absolute Gasteiger partial charge is 0.309 e. The summed E-state index contributed by atoms with van der Waals surface area (Å²) < 4.78 is 8.04. The van der Waals surface area contributed by atoms with Gasteiger partial charge in [-0.05, 0) is 54.1 Å². The average Bonchev–Trinajstić information content (AvgIpc) is 3.49. The Bertz CT molecular complexity index is 2390. The van der Waals surface area contributed by atoms with Crippen molar-refractivity contribution < 1.29 is 9.53 Å². The van der Waals surface area contributed by atoms with Gasteiger partial charge in [-0.2, -0.15) is 0 Å². The fourth-order valence-corrected chi connectivity index (χ4v) is 5.74. The SMILES string of the molecule is COC(=O)Cc1ccc2c(c1)nc1c3ccc4c(=O)n5c6ccccc6nc5c5ccc(c(=O)n21)c3c45. The minimum absolute atomic E-state index is 0.119. The molecule has 0 unspecified atom stereocenters. The van der Waals surface area contributed by atoms with E-state index in [1.807, 2.05) is 60.7 Å². The van der Waals surface area contributed by atoms with Gasteiger partial charge in [-0.25, -0.2) is 9.97 Å². The van der Waals surface area contributed by atoms with Gasteiger partial charge in [0.15, 0.2) is 0 Å². The molecule has 8 rings (SSSR count). The van der Waals surface area contributed by atoms with E-state index in [9.17, 15) is 14.4 Å². The van der Waals surface area contributed by atoms with Crippen molar-refractivity contribution in [3.63, 3.8) is 0 Å². The number of nitrogens with zero attached hydrogens (tertiary/aromatic N) is 4. The Balaban J connectivity index is 1.55. The topological polar surface area (TPSA) is 95.0 Å². The van der Waals surface area contributed by atoms with Crippen molar-refractivity contribution in [2.24, 2.45) is 0 Å². The zero-order valence-electron chi connectivity index (χ0n) is 19.5. The highest BCUT2D eigenvalue weighted by molar-refractivity contribution is 6.27. The van der Waals surface area contributed by atoms with E-state index in [0.717, 1.165) is 32.8 Å². The van der Waals surface area contributed by atoms with E-state index in [1.54, 1.807) is 14.9 Å². The Morgan fingerprint density at radius 2 is 1.30 bits per heavy atom. The first kappa shape index (κ1) is 20.1. The fourth-order valence-electron chi connectivity index (χ4n) is 5.74. The first-order chi connectivity index (χ1) is 18.0. The van der Waals surface area contributed by atoms with Gasteiger partial charge in [0.2, 0.25) is 0 Å². The number of para-hydroxylation sites is 2. The Morgan fingerprint density at radius 1 is 0.730 bits per heavy atom. The van der Waals surface area contributed by atoms with E-state index < -0.39 is 0 Å². The Hall–Kier alpha value is -5.11. The molecule has 37 heavy (non-hydrogen) atoms. The minimum atomic E-state index is -0.346. The average molecular weight is 484 g/mol. The molecule has 8 nitrogen and oxygen atoms in total. The highest BCUT2D eigenvalue weighted by Crippen LogP contribution is 2.36. The first-order valence-electron chi connectivity index (χ1n) is 11.8. The molecule has 0 radical (unpaired) electrons. The maximum absolute atomic E-state index is 13.8. The molecule has 0 N–H and O–H groups in total. The van der Waals surface area contributed by atoms with Crippen LogP contribution in [-0.4, -0.2) is 31.8 Å². The summed E-state index contributed by atoms with van der Waals surface area (Å²) in [5.74, 6) is -0.346. The summed E-state index contributed by atoms with van der Waals surface area (Å²) in [6, 6.07) is 20.4. The molecule has 0 aliphatic heterocycles. The molecule has 0 atom stereocenters. The summed E-state index contributed by atoms with van der Waals surface area (Å²) >= 11 is 0. The predicted molar refractivity (Wildman–Crippen MR) is 142 cm³/mol. The van der Waals surface area contributed by atoms with Gasteiger partial charge in [0.1, 0.15) is 11.3 Å². The molecule has 176 valence electrons. The van der Waals surface area contributed by atoms with E-state index in [4.69, 9.17) is 14.7 Å². The highest BCUT2D eigenvalue weighted by Gasteiger charge is 2.22. The van der Waals surface area contributed by atoms with Crippen LogP contribution < -0.4 is 11.1 Å². The van der Waals surface area contributed by atoms with Gasteiger partial charge in [0.25, 0.3) is 11.1 Å². The molecule has 8 aromatic rings. The third kappa shape index (κ3) is 2.44. The van der Waals surface area contributed by atoms with E-state index in [0.29, 0.717) is 38.5 Å². The molecule has 0 amide bonds. The number of carbonyl (C=O) groups is 1. The van der Waals surface area contributed by atoms with Crippen LogP contribution in [0, 0.1) is 0 Å². The van der Waals surface area contributed by atoms with Crippen LogP contribution in [0.3, 0.4) is 0 Å². The molecule has 0 saturated heterocycles. The highest BCUT2D eigenvalue weighted by atomic mass is 16.5. The van der Waals surface area contributed by atoms with Crippen molar-refractivity contribution in [3.05, 3.63) is 93.0 Å². The lowest BCUT2D eigenvalue weighted by atomic mass is 9.96. The van der Waals surface area contributed by atoms with Crippen molar-refractivity contribution in [3.8, 4) is 0 Å². The molecule has 0 spiro atoms. The number of imidazole rings is 2. The largest absolute Gasteiger partial charge is 0.469 e. The van der Waals surface area contributed by atoms with Gasteiger partial charge in [-0.15, -0.1) is 0 Å². The third-order valence-corrected chi connectivity index (χ3v) is 7.37. The minimum Gasteiger partial charge on any atom is -0.469 e. The van der Waals surface area contributed by atoms with Crippen LogP contribution in [0.15, 0.2) is 76.3 Å². The number of carbonyl (C=O) groups excluding carboxylic acids is 1. The number of pyridine rings is 2. The first-order valence-corrected chi connectivity index (χ1v) is 11.8. The summed E-state index contributed by atoms with van der Waals surface area (Å²) in [7, 11) is 1.35. The van der Waals surface area contributed by atoms with Crippen LogP contribution in [0.25, 0.3) is 65.7 Å². The number of methoxy groups -OCH3 is 1. The number of aromatic nitrogens is 4. The van der Waals surface area contributed by atoms with Crippen LogP contribution in [0.1, 0.15) is 5.56 Å². The molecule has 0 saturated carbocycles. The summed E-state index contributed by atoms with van der Waals surface area (Å²) in [5.41, 5.74) is 4.22. The Morgan fingerprint density at radius 3 is 1.95 bits per heavy atom. The summed E-state index contributed by atoms with van der Waals surface area (Å²) in [4.78, 5) is 48.9. The van der Waals surface area contributed by atoms with E-state index >= 15 is 0 Å².